The summed E-state index contributed by atoms with van der Waals surface area (Å²) < 4.78 is 5.72. The van der Waals surface area contributed by atoms with Gasteiger partial charge in [-0.3, -0.25) is 4.79 Å². The fraction of sp³-hybridized carbons (Fsp3) is 0.588. The molecule has 0 fully saturated rings. The highest BCUT2D eigenvalue weighted by atomic mass is 16.5. The van der Waals surface area contributed by atoms with Gasteiger partial charge in [-0.25, -0.2) is 0 Å². The van der Waals surface area contributed by atoms with Gasteiger partial charge in [-0.2, -0.15) is 0 Å². The standard InChI is InChI=1S/C17H25NO3/c1-10(2)5-14(19)9-18-17(20)16-8-13-6-11(3)12(4)7-15(13)21-16/h6-7,10,14,16,19H,5,8-9H2,1-4H3,(H,18,20). The number of fused-ring (bicyclic) bond motifs is 1. The normalized spacial score (nSPS) is 18.3. The molecular weight excluding hydrogens is 266 g/mol. The summed E-state index contributed by atoms with van der Waals surface area (Å²) in [4.78, 5) is 12.1. The summed E-state index contributed by atoms with van der Waals surface area (Å²) in [5.41, 5.74) is 3.47. The van der Waals surface area contributed by atoms with Crippen LogP contribution in [0, 0.1) is 19.8 Å². The summed E-state index contributed by atoms with van der Waals surface area (Å²) in [6.07, 6.45) is 0.308. The minimum absolute atomic E-state index is 0.149. The molecule has 1 aliphatic rings. The molecule has 21 heavy (non-hydrogen) atoms. The van der Waals surface area contributed by atoms with Crippen molar-refractivity contribution in [2.24, 2.45) is 5.92 Å². The molecule has 4 nitrogen and oxygen atoms in total. The van der Waals surface area contributed by atoms with Gasteiger partial charge in [0.15, 0.2) is 6.10 Å². The molecule has 1 aliphatic heterocycles. The van der Waals surface area contributed by atoms with Crippen molar-refractivity contribution < 1.29 is 14.6 Å². The molecule has 1 aromatic carbocycles. The van der Waals surface area contributed by atoms with Gasteiger partial charge in [0, 0.05) is 13.0 Å². The van der Waals surface area contributed by atoms with Crippen molar-refractivity contribution in [2.75, 3.05) is 6.54 Å². The molecule has 1 amide bonds. The van der Waals surface area contributed by atoms with Gasteiger partial charge < -0.3 is 15.2 Å². The number of ether oxygens (including phenoxy) is 1. The maximum Gasteiger partial charge on any atom is 0.261 e. The number of rotatable bonds is 5. The maximum absolute atomic E-state index is 12.1. The van der Waals surface area contributed by atoms with Crippen LogP contribution in [-0.2, 0) is 11.2 Å². The number of carbonyl (C=O) groups is 1. The molecule has 4 heteroatoms. The van der Waals surface area contributed by atoms with Crippen molar-refractivity contribution in [3.63, 3.8) is 0 Å². The summed E-state index contributed by atoms with van der Waals surface area (Å²) in [5.74, 6) is 1.07. The van der Waals surface area contributed by atoms with E-state index in [-0.39, 0.29) is 12.5 Å². The summed E-state index contributed by atoms with van der Waals surface area (Å²) in [6, 6.07) is 4.08. The Morgan fingerprint density at radius 2 is 2.05 bits per heavy atom. The highest BCUT2D eigenvalue weighted by Crippen LogP contribution is 2.31. The number of amides is 1. The van der Waals surface area contributed by atoms with Gasteiger partial charge in [0.05, 0.1) is 6.10 Å². The van der Waals surface area contributed by atoms with E-state index >= 15 is 0 Å². The Bertz CT molecular complexity index is 494. The number of aliphatic hydroxyl groups excluding tert-OH is 1. The second-order valence-electron chi connectivity index (χ2n) is 6.38. The van der Waals surface area contributed by atoms with E-state index in [1.807, 2.05) is 26.8 Å². The number of hydrogen-bond acceptors (Lipinski definition) is 3. The zero-order chi connectivity index (χ0) is 15.6. The van der Waals surface area contributed by atoms with Crippen molar-refractivity contribution in [3.05, 3.63) is 28.8 Å². The van der Waals surface area contributed by atoms with Crippen molar-refractivity contribution in [1.29, 1.82) is 0 Å². The third kappa shape index (κ3) is 3.97. The predicted molar refractivity (Wildman–Crippen MR) is 82.5 cm³/mol. The van der Waals surface area contributed by atoms with Crippen molar-refractivity contribution in [2.45, 2.75) is 52.7 Å². The smallest absolute Gasteiger partial charge is 0.261 e. The van der Waals surface area contributed by atoms with Crippen molar-refractivity contribution in [1.82, 2.24) is 5.32 Å². The van der Waals surface area contributed by atoms with Crippen LogP contribution in [0.15, 0.2) is 12.1 Å². The monoisotopic (exact) mass is 291 g/mol. The lowest BCUT2D eigenvalue weighted by Crippen LogP contribution is -2.41. The number of hydrogen-bond donors (Lipinski definition) is 2. The molecule has 0 aliphatic carbocycles. The van der Waals surface area contributed by atoms with Crippen LogP contribution in [0.4, 0.5) is 0 Å². The molecular formula is C17H25NO3. The van der Waals surface area contributed by atoms with Crippen LogP contribution in [0.25, 0.3) is 0 Å². The zero-order valence-electron chi connectivity index (χ0n) is 13.3. The Labute approximate surface area is 126 Å². The number of benzene rings is 1. The molecule has 0 radical (unpaired) electrons. The summed E-state index contributed by atoms with van der Waals surface area (Å²) >= 11 is 0. The van der Waals surface area contributed by atoms with Crippen LogP contribution >= 0.6 is 0 Å². The lowest BCUT2D eigenvalue weighted by Gasteiger charge is -2.16. The van der Waals surface area contributed by atoms with Gasteiger partial charge >= 0.3 is 0 Å². The molecule has 0 saturated carbocycles. The predicted octanol–water partition coefficient (Wildman–Crippen LogP) is 2.13. The molecule has 1 aromatic rings. The number of carbonyl (C=O) groups excluding carboxylic acids is 1. The second kappa shape index (κ2) is 6.48. The Kier molecular flexibility index (Phi) is 4.88. The fourth-order valence-corrected chi connectivity index (χ4v) is 2.62. The minimum atomic E-state index is -0.498. The zero-order valence-corrected chi connectivity index (χ0v) is 13.3. The number of aliphatic hydroxyl groups is 1. The van der Waals surface area contributed by atoms with Crippen LogP contribution in [0.2, 0.25) is 0 Å². The number of aryl methyl sites for hydroxylation is 2. The Morgan fingerprint density at radius 1 is 1.38 bits per heavy atom. The SMILES string of the molecule is Cc1cc2c(cc1C)OC(C(=O)NCC(O)CC(C)C)C2. The van der Waals surface area contributed by atoms with Gasteiger partial charge in [-0.05, 0) is 48.9 Å². The molecule has 2 unspecified atom stereocenters. The van der Waals surface area contributed by atoms with E-state index in [1.165, 1.54) is 11.1 Å². The summed E-state index contributed by atoms with van der Waals surface area (Å²) in [6.45, 7) is 8.48. The van der Waals surface area contributed by atoms with Crippen LogP contribution in [0.3, 0.4) is 0 Å². The lowest BCUT2D eigenvalue weighted by molar-refractivity contribution is -0.127. The Hall–Kier alpha value is -1.55. The fourth-order valence-electron chi connectivity index (χ4n) is 2.62. The van der Waals surface area contributed by atoms with E-state index in [9.17, 15) is 9.90 Å². The van der Waals surface area contributed by atoms with E-state index in [1.54, 1.807) is 0 Å². The van der Waals surface area contributed by atoms with Gasteiger partial charge in [0.2, 0.25) is 0 Å². The third-order valence-electron chi connectivity index (χ3n) is 3.90. The summed E-state index contributed by atoms with van der Waals surface area (Å²) in [5, 5.41) is 12.6. The minimum Gasteiger partial charge on any atom is -0.480 e. The maximum atomic E-state index is 12.1. The second-order valence-corrected chi connectivity index (χ2v) is 6.38. The van der Waals surface area contributed by atoms with Gasteiger partial charge in [0.25, 0.3) is 5.91 Å². The lowest BCUT2D eigenvalue weighted by atomic mass is 10.0. The highest BCUT2D eigenvalue weighted by molar-refractivity contribution is 5.82. The van der Waals surface area contributed by atoms with E-state index in [0.717, 1.165) is 11.3 Å². The molecule has 1 heterocycles. The Morgan fingerprint density at radius 3 is 2.71 bits per heavy atom. The molecule has 0 spiro atoms. The van der Waals surface area contributed by atoms with Crippen LogP contribution in [-0.4, -0.2) is 29.8 Å². The highest BCUT2D eigenvalue weighted by Gasteiger charge is 2.29. The average molecular weight is 291 g/mol. The number of nitrogens with one attached hydrogen (secondary N) is 1. The van der Waals surface area contributed by atoms with E-state index in [2.05, 4.69) is 18.3 Å². The first kappa shape index (κ1) is 15.8. The van der Waals surface area contributed by atoms with Crippen LogP contribution in [0.5, 0.6) is 5.75 Å². The largest absolute Gasteiger partial charge is 0.480 e. The topological polar surface area (TPSA) is 58.6 Å². The van der Waals surface area contributed by atoms with E-state index < -0.39 is 12.2 Å². The van der Waals surface area contributed by atoms with Gasteiger partial charge in [-0.15, -0.1) is 0 Å². The third-order valence-corrected chi connectivity index (χ3v) is 3.90. The average Bonchev–Trinajstić information content (AvgIpc) is 2.78. The summed E-state index contributed by atoms with van der Waals surface area (Å²) in [7, 11) is 0. The molecule has 2 N–H and O–H groups in total. The van der Waals surface area contributed by atoms with Crippen molar-refractivity contribution >= 4 is 5.91 Å². The first-order valence-corrected chi connectivity index (χ1v) is 7.59. The first-order valence-electron chi connectivity index (χ1n) is 7.59. The quantitative estimate of drug-likeness (QED) is 0.874. The van der Waals surface area contributed by atoms with Gasteiger partial charge in [-0.1, -0.05) is 19.9 Å². The van der Waals surface area contributed by atoms with Crippen LogP contribution in [0.1, 0.15) is 37.0 Å². The Balaban J connectivity index is 1.89. The van der Waals surface area contributed by atoms with E-state index in [0.29, 0.717) is 18.8 Å². The van der Waals surface area contributed by atoms with Crippen LogP contribution < -0.4 is 10.1 Å². The van der Waals surface area contributed by atoms with Crippen molar-refractivity contribution in [3.8, 4) is 5.75 Å². The molecule has 0 aromatic heterocycles. The molecule has 116 valence electrons. The molecule has 2 rings (SSSR count). The molecule has 0 saturated heterocycles. The first-order chi connectivity index (χ1) is 9.86. The molecule has 2 atom stereocenters. The molecule has 0 bridgehead atoms. The van der Waals surface area contributed by atoms with E-state index in [4.69, 9.17) is 4.74 Å². The van der Waals surface area contributed by atoms with Gasteiger partial charge in [0.1, 0.15) is 5.75 Å².